The smallest absolute Gasteiger partial charge is 0.0611 e. The summed E-state index contributed by atoms with van der Waals surface area (Å²) in [7, 11) is 1.72. The van der Waals surface area contributed by atoms with Crippen LogP contribution in [0.15, 0.2) is 0 Å². The highest BCUT2D eigenvalue weighted by atomic mass is 16.5. The van der Waals surface area contributed by atoms with Gasteiger partial charge in [-0.15, -0.1) is 0 Å². The maximum absolute atomic E-state index is 5.09. The van der Waals surface area contributed by atoms with Crippen LogP contribution in [0.3, 0.4) is 0 Å². The Morgan fingerprint density at radius 2 is 1.89 bits per heavy atom. The Bertz CT molecular complexity index is 74.6. The first kappa shape index (κ1) is 7.07. The Balaban J connectivity index is 2.24. The predicted molar refractivity (Wildman–Crippen MR) is 36.9 cm³/mol. The number of hydrogen-bond donors (Lipinski definition) is 0. The molecule has 1 saturated carbocycles. The minimum Gasteiger partial charge on any atom is -0.381 e. The second-order valence-corrected chi connectivity index (χ2v) is 2.10. The number of hydrogen-bond acceptors (Lipinski definition) is 1. The van der Waals surface area contributed by atoms with Gasteiger partial charge in [-0.05, 0) is 32.6 Å². The van der Waals surface area contributed by atoms with Crippen molar-refractivity contribution in [3.8, 4) is 0 Å². The van der Waals surface area contributed by atoms with Crippen molar-refractivity contribution in [3.63, 3.8) is 0 Å². The SMILES string of the molecule is COC(C)[C]1[CH][CH][CH][CH]1. The fourth-order valence-electron chi connectivity index (χ4n) is 0.796. The van der Waals surface area contributed by atoms with Crippen molar-refractivity contribution in [2.75, 3.05) is 7.11 Å². The van der Waals surface area contributed by atoms with E-state index in [0.29, 0.717) is 0 Å². The van der Waals surface area contributed by atoms with Crippen molar-refractivity contribution in [2.24, 2.45) is 0 Å². The molecule has 0 heterocycles. The third-order valence-corrected chi connectivity index (χ3v) is 1.51. The van der Waals surface area contributed by atoms with Gasteiger partial charge >= 0.3 is 0 Å². The Hall–Kier alpha value is -0.0400. The van der Waals surface area contributed by atoms with E-state index in [1.807, 2.05) is 19.8 Å². The van der Waals surface area contributed by atoms with Crippen LogP contribution in [0.25, 0.3) is 0 Å². The van der Waals surface area contributed by atoms with Gasteiger partial charge in [0.2, 0.25) is 0 Å². The van der Waals surface area contributed by atoms with Gasteiger partial charge in [0.15, 0.2) is 0 Å². The van der Waals surface area contributed by atoms with E-state index in [-0.39, 0.29) is 6.10 Å². The highest BCUT2D eigenvalue weighted by molar-refractivity contribution is 5.37. The number of ether oxygens (including phenoxy) is 1. The molecule has 1 aliphatic carbocycles. The fraction of sp³-hybridized carbons (Fsp3) is 0.375. The van der Waals surface area contributed by atoms with E-state index in [1.54, 1.807) is 7.11 Å². The first-order valence-electron chi connectivity index (χ1n) is 3.09. The van der Waals surface area contributed by atoms with E-state index in [4.69, 9.17) is 4.74 Å². The summed E-state index contributed by atoms with van der Waals surface area (Å²) in [6.07, 6.45) is 8.40. The van der Waals surface area contributed by atoms with Crippen LogP contribution in [0.1, 0.15) is 6.92 Å². The summed E-state index contributed by atoms with van der Waals surface area (Å²) in [5.41, 5.74) is 0. The molecule has 49 valence electrons. The summed E-state index contributed by atoms with van der Waals surface area (Å²) >= 11 is 0. The third kappa shape index (κ3) is 1.68. The summed E-state index contributed by atoms with van der Waals surface area (Å²) in [4.78, 5) is 0. The van der Waals surface area contributed by atoms with Gasteiger partial charge in [0.05, 0.1) is 6.10 Å². The molecule has 0 spiro atoms. The van der Waals surface area contributed by atoms with Crippen molar-refractivity contribution < 1.29 is 4.74 Å². The minimum atomic E-state index is 0.236. The summed E-state index contributed by atoms with van der Waals surface area (Å²) in [5.74, 6) is 1.25. The molecule has 0 bridgehead atoms. The first-order valence-corrected chi connectivity index (χ1v) is 3.09. The summed E-state index contributed by atoms with van der Waals surface area (Å²) in [6.45, 7) is 2.04. The molecule has 1 heteroatoms. The average molecular weight is 123 g/mol. The van der Waals surface area contributed by atoms with E-state index >= 15 is 0 Å². The molecule has 0 aromatic carbocycles. The highest BCUT2D eigenvalue weighted by Gasteiger charge is 2.22. The maximum atomic E-state index is 5.09. The molecule has 9 heavy (non-hydrogen) atoms. The van der Waals surface area contributed by atoms with Crippen molar-refractivity contribution in [2.45, 2.75) is 13.0 Å². The van der Waals surface area contributed by atoms with Crippen LogP contribution in [-0.2, 0) is 4.74 Å². The lowest BCUT2D eigenvalue weighted by molar-refractivity contribution is 0.135. The predicted octanol–water partition coefficient (Wildman–Crippen LogP) is 1.43. The van der Waals surface area contributed by atoms with Crippen LogP contribution in [0.2, 0.25) is 0 Å². The zero-order chi connectivity index (χ0) is 6.69. The normalized spacial score (nSPS) is 24.7. The monoisotopic (exact) mass is 123 g/mol. The molecular formula is C8H11O. The molecule has 1 nitrogen and oxygen atoms in total. The van der Waals surface area contributed by atoms with E-state index < -0.39 is 0 Å². The topological polar surface area (TPSA) is 9.23 Å². The standard InChI is InChI=1S/C8H11O/c1-7(9-2)8-5-3-4-6-8/h3-7H,1-2H3. The van der Waals surface area contributed by atoms with E-state index in [0.717, 1.165) is 0 Å². The molecule has 0 aromatic heterocycles. The zero-order valence-corrected chi connectivity index (χ0v) is 5.79. The molecule has 1 aliphatic rings. The minimum absolute atomic E-state index is 0.236. The molecule has 0 aliphatic heterocycles. The lowest BCUT2D eigenvalue weighted by Gasteiger charge is -2.14. The first-order chi connectivity index (χ1) is 4.34. The molecule has 1 unspecified atom stereocenters. The molecule has 1 rings (SSSR count). The van der Waals surface area contributed by atoms with Gasteiger partial charge in [0.1, 0.15) is 0 Å². The second-order valence-electron chi connectivity index (χ2n) is 2.10. The number of methoxy groups -OCH3 is 1. The maximum Gasteiger partial charge on any atom is 0.0611 e. The highest BCUT2D eigenvalue weighted by Crippen LogP contribution is 2.27. The van der Waals surface area contributed by atoms with E-state index in [2.05, 4.69) is 12.8 Å². The van der Waals surface area contributed by atoms with Crippen molar-refractivity contribution in [1.82, 2.24) is 0 Å². The Kier molecular flexibility index (Phi) is 2.52. The quantitative estimate of drug-likeness (QED) is 0.539. The van der Waals surface area contributed by atoms with Gasteiger partial charge in [-0.2, -0.15) is 0 Å². The van der Waals surface area contributed by atoms with Gasteiger partial charge in [0, 0.05) is 13.0 Å². The van der Waals surface area contributed by atoms with Gasteiger partial charge in [-0.25, -0.2) is 0 Å². The molecule has 0 amide bonds. The fourth-order valence-corrected chi connectivity index (χ4v) is 0.796. The van der Waals surface area contributed by atoms with E-state index in [9.17, 15) is 0 Å². The molecule has 1 atom stereocenters. The van der Waals surface area contributed by atoms with Gasteiger partial charge in [-0.1, -0.05) is 0 Å². The van der Waals surface area contributed by atoms with Crippen LogP contribution in [0.5, 0.6) is 0 Å². The molecule has 1 fully saturated rings. The summed E-state index contributed by atoms with van der Waals surface area (Å²) < 4.78 is 5.09. The molecule has 0 saturated heterocycles. The number of rotatable bonds is 2. The molecular weight excluding hydrogens is 112 g/mol. The van der Waals surface area contributed by atoms with Crippen LogP contribution >= 0.6 is 0 Å². The Morgan fingerprint density at radius 1 is 1.33 bits per heavy atom. The lowest BCUT2D eigenvalue weighted by atomic mass is 10.0. The van der Waals surface area contributed by atoms with Crippen LogP contribution in [0, 0.1) is 31.6 Å². The molecule has 0 N–H and O–H groups in total. The van der Waals surface area contributed by atoms with Crippen molar-refractivity contribution in [3.05, 3.63) is 31.6 Å². The Labute approximate surface area is 57.4 Å². The Morgan fingerprint density at radius 3 is 2.33 bits per heavy atom. The summed E-state index contributed by atoms with van der Waals surface area (Å²) in [6, 6.07) is 0. The largest absolute Gasteiger partial charge is 0.381 e. The van der Waals surface area contributed by atoms with Crippen LogP contribution < -0.4 is 0 Å². The van der Waals surface area contributed by atoms with Crippen molar-refractivity contribution in [1.29, 1.82) is 0 Å². The molecule has 0 aromatic rings. The van der Waals surface area contributed by atoms with Gasteiger partial charge in [0.25, 0.3) is 0 Å². The van der Waals surface area contributed by atoms with Crippen LogP contribution in [0.4, 0.5) is 0 Å². The molecule has 5 radical (unpaired) electrons. The second kappa shape index (κ2) is 3.21. The summed E-state index contributed by atoms with van der Waals surface area (Å²) in [5, 5.41) is 0. The van der Waals surface area contributed by atoms with Crippen LogP contribution in [-0.4, -0.2) is 13.2 Å². The van der Waals surface area contributed by atoms with Gasteiger partial charge < -0.3 is 4.74 Å². The van der Waals surface area contributed by atoms with Crippen molar-refractivity contribution >= 4 is 0 Å². The lowest BCUT2D eigenvalue weighted by Crippen LogP contribution is -2.14. The third-order valence-electron chi connectivity index (χ3n) is 1.51. The van der Waals surface area contributed by atoms with Gasteiger partial charge in [-0.3, -0.25) is 0 Å². The van der Waals surface area contributed by atoms with E-state index in [1.165, 1.54) is 5.92 Å². The average Bonchev–Trinajstić information content (AvgIpc) is 2.37. The zero-order valence-electron chi connectivity index (χ0n) is 5.79.